The van der Waals surface area contributed by atoms with Gasteiger partial charge in [-0.15, -0.1) is 0 Å². The highest BCUT2D eigenvalue weighted by atomic mass is 32.2. The van der Waals surface area contributed by atoms with E-state index in [-0.39, 0.29) is 25.0 Å². The fraction of sp³-hybridized carbons (Fsp3) is 0.667. The van der Waals surface area contributed by atoms with Gasteiger partial charge in [-0.25, -0.2) is 13.2 Å². The molecule has 9 heteroatoms. The molecule has 2 heterocycles. The molecule has 0 aromatic heterocycles. The molecule has 1 atom stereocenters. The minimum atomic E-state index is -3.56. The molecular formula is C24H38N4O4S. The Bertz CT molecular complexity index is 896. The first-order valence-electron chi connectivity index (χ1n) is 12.2. The third kappa shape index (κ3) is 6.69. The first kappa shape index (κ1) is 25.5. The van der Waals surface area contributed by atoms with Crippen molar-refractivity contribution in [2.45, 2.75) is 63.2 Å². The molecule has 0 saturated carbocycles. The maximum absolute atomic E-state index is 13.0. The summed E-state index contributed by atoms with van der Waals surface area (Å²) in [6.45, 7) is 7.51. The Morgan fingerprint density at radius 1 is 1.03 bits per heavy atom. The highest BCUT2D eigenvalue weighted by Gasteiger charge is 2.30. The number of nitrogens with one attached hydrogen (secondary N) is 1. The molecule has 2 saturated heterocycles. The molecule has 1 N–H and O–H groups in total. The van der Waals surface area contributed by atoms with Crippen LogP contribution in [0.25, 0.3) is 0 Å². The van der Waals surface area contributed by atoms with E-state index in [9.17, 15) is 18.0 Å². The van der Waals surface area contributed by atoms with Crippen LogP contribution in [0.1, 0.15) is 63.9 Å². The van der Waals surface area contributed by atoms with E-state index in [2.05, 4.69) is 19.2 Å². The molecule has 2 fully saturated rings. The van der Waals surface area contributed by atoms with E-state index >= 15 is 0 Å². The van der Waals surface area contributed by atoms with Gasteiger partial charge in [0.25, 0.3) is 0 Å². The van der Waals surface area contributed by atoms with E-state index in [1.54, 1.807) is 17.0 Å². The highest BCUT2D eigenvalue weighted by molar-refractivity contribution is 7.89. The van der Waals surface area contributed by atoms with Crippen LogP contribution in [0.5, 0.6) is 0 Å². The summed E-state index contributed by atoms with van der Waals surface area (Å²) in [4.78, 5) is 28.4. The van der Waals surface area contributed by atoms with E-state index < -0.39 is 10.0 Å². The molecule has 1 unspecified atom stereocenters. The number of hydrogen-bond acceptors (Lipinski definition) is 4. The topological polar surface area (TPSA) is 90.0 Å². The molecule has 1 aromatic rings. The first-order chi connectivity index (χ1) is 15.8. The molecule has 0 spiro atoms. The van der Waals surface area contributed by atoms with Gasteiger partial charge in [0.2, 0.25) is 15.9 Å². The fourth-order valence-corrected chi connectivity index (χ4v) is 5.76. The quantitative estimate of drug-likeness (QED) is 0.582. The Labute approximate surface area is 198 Å². The lowest BCUT2D eigenvalue weighted by Crippen LogP contribution is -2.53. The largest absolute Gasteiger partial charge is 0.343 e. The molecule has 3 rings (SSSR count). The van der Waals surface area contributed by atoms with Crippen LogP contribution in [0, 0.1) is 0 Å². The van der Waals surface area contributed by atoms with Crippen LogP contribution >= 0.6 is 0 Å². The summed E-state index contributed by atoms with van der Waals surface area (Å²) in [5, 5.41) is 2.91. The van der Waals surface area contributed by atoms with Crippen LogP contribution in [0.4, 0.5) is 4.79 Å². The van der Waals surface area contributed by atoms with Crippen molar-refractivity contribution in [2.75, 3.05) is 45.8 Å². The first-order valence-corrected chi connectivity index (χ1v) is 13.7. The zero-order valence-electron chi connectivity index (χ0n) is 20.0. The lowest BCUT2D eigenvalue weighted by Gasteiger charge is -2.34. The maximum Gasteiger partial charge on any atom is 0.317 e. The van der Waals surface area contributed by atoms with Crippen LogP contribution in [0.3, 0.4) is 0 Å². The second-order valence-electron chi connectivity index (χ2n) is 9.05. The van der Waals surface area contributed by atoms with E-state index in [1.807, 2.05) is 17.0 Å². The number of sulfonamides is 1. The molecule has 0 bridgehead atoms. The zero-order chi connectivity index (χ0) is 23.8. The van der Waals surface area contributed by atoms with E-state index in [4.69, 9.17) is 0 Å². The fourth-order valence-electron chi connectivity index (χ4n) is 4.34. The summed E-state index contributed by atoms with van der Waals surface area (Å²) >= 11 is 0. The minimum Gasteiger partial charge on any atom is -0.343 e. The summed E-state index contributed by atoms with van der Waals surface area (Å²) in [5.41, 5.74) is 1.14. The number of urea groups is 1. The standard InChI is InChI=1S/C24H38N4O4S/c1-3-20(2)21-9-11-22(12-10-21)33(31,32)28-18-16-27(17-19-28)24(30)25-13-7-15-26-14-6-4-5-8-23(26)29/h9-12,20H,3-8,13-19H2,1-2H3,(H,25,30). The van der Waals surface area contributed by atoms with Crippen molar-refractivity contribution in [2.24, 2.45) is 0 Å². The average Bonchev–Trinajstić information content (AvgIpc) is 3.05. The second-order valence-corrected chi connectivity index (χ2v) is 11.0. The summed E-state index contributed by atoms with van der Waals surface area (Å²) in [7, 11) is -3.56. The number of likely N-dealkylation sites (tertiary alicyclic amines) is 1. The molecule has 3 amide bonds. The van der Waals surface area contributed by atoms with Gasteiger partial charge in [0.15, 0.2) is 0 Å². The molecule has 184 valence electrons. The number of carbonyl (C=O) groups is 2. The predicted molar refractivity (Wildman–Crippen MR) is 129 cm³/mol. The van der Waals surface area contributed by atoms with Gasteiger partial charge in [0, 0.05) is 52.2 Å². The lowest BCUT2D eigenvalue weighted by molar-refractivity contribution is -0.130. The number of amides is 3. The van der Waals surface area contributed by atoms with Crippen LogP contribution in [0.15, 0.2) is 29.2 Å². The van der Waals surface area contributed by atoms with Crippen molar-refractivity contribution < 1.29 is 18.0 Å². The Balaban J connectivity index is 1.43. The van der Waals surface area contributed by atoms with Crippen LogP contribution < -0.4 is 5.32 Å². The monoisotopic (exact) mass is 478 g/mol. The number of hydrogen-bond donors (Lipinski definition) is 1. The summed E-state index contributed by atoms with van der Waals surface area (Å²) in [6, 6.07) is 6.98. The van der Waals surface area contributed by atoms with Crippen molar-refractivity contribution in [3.63, 3.8) is 0 Å². The molecule has 33 heavy (non-hydrogen) atoms. The Hall–Kier alpha value is -2.13. The van der Waals surface area contributed by atoms with E-state index in [0.29, 0.717) is 43.4 Å². The Morgan fingerprint density at radius 3 is 2.39 bits per heavy atom. The Kier molecular flexibility index (Phi) is 9.14. The SMILES string of the molecule is CCC(C)c1ccc(S(=O)(=O)N2CCN(C(=O)NCCCN3CCCCCC3=O)CC2)cc1. The van der Waals surface area contributed by atoms with Gasteiger partial charge in [0.05, 0.1) is 4.90 Å². The van der Waals surface area contributed by atoms with Crippen LogP contribution in [0.2, 0.25) is 0 Å². The minimum absolute atomic E-state index is 0.174. The van der Waals surface area contributed by atoms with E-state index in [1.165, 1.54) is 4.31 Å². The number of piperazine rings is 1. The van der Waals surface area contributed by atoms with Crippen molar-refractivity contribution in [1.29, 1.82) is 0 Å². The van der Waals surface area contributed by atoms with Crippen molar-refractivity contribution in [1.82, 2.24) is 19.4 Å². The van der Waals surface area contributed by atoms with Gasteiger partial charge in [0.1, 0.15) is 0 Å². The number of rotatable bonds is 8. The smallest absolute Gasteiger partial charge is 0.317 e. The van der Waals surface area contributed by atoms with Gasteiger partial charge in [-0.1, -0.05) is 32.4 Å². The van der Waals surface area contributed by atoms with Crippen molar-refractivity contribution in [3.05, 3.63) is 29.8 Å². The Morgan fingerprint density at radius 2 is 1.73 bits per heavy atom. The van der Waals surface area contributed by atoms with Gasteiger partial charge in [-0.05, 0) is 49.3 Å². The van der Waals surface area contributed by atoms with Gasteiger partial charge >= 0.3 is 6.03 Å². The number of benzene rings is 1. The van der Waals surface area contributed by atoms with Crippen molar-refractivity contribution >= 4 is 22.0 Å². The third-order valence-corrected chi connectivity index (χ3v) is 8.69. The van der Waals surface area contributed by atoms with E-state index in [0.717, 1.165) is 44.2 Å². The molecule has 8 nitrogen and oxygen atoms in total. The zero-order valence-corrected chi connectivity index (χ0v) is 20.8. The van der Waals surface area contributed by atoms with Gasteiger partial charge < -0.3 is 15.1 Å². The normalized spacial score (nSPS) is 19.3. The number of carbonyl (C=O) groups excluding carboxylic acids is 2. The summed E-state index contributed by atoms with van der Waals surface area (Å²) in [6.07, 6.45) is 5.47. The highest BCUT2D eigenvalue weighted by Crippen LogP contribution is 2.23. The summed E-state index contributed by atoms with van der Waals surface area (Å²) < 4.78 is 27.5. The molecule has 2 aliphatic heterocycles. The predicted octanol–water partition coefficient (Wildman–Crippen LogP) is 3.01. The third-order valence-electron chi connectivity index (χ3n) is 6.78. The summed E-state index contributed by atoms with van der Waals surface area (Å²) in [5.74, 6) is 0.610. The molecule has 0 aliphatic carbocycles. The van der Waals surface area contributed by atoms with Crippen LogP contribution in [-0.2, 0) is 14.8 Å². The number of nitrogens with zero attached hydrogens (tertiary/aromatic N) is 3. The average molecular weight is 479 g/mol. The molecule has 0 radical (unpaired) electrons. The second kappa shape index (κ2) is 11.8. The molecule has 2 aliphatic rings. The lowest BCUT2D eigenvalue weighted by atomic mass is 9.99. The van der Waals surface area contributed by atoms with Crippen LogP contribution in [-0.4, -0.2) is 80.3 Å². The van der Waals surface area contributed by atoms with Gasteiger partial charge in [-0.2, -0.15) is 4.31 Å². The molecular weight excluding hydrogens is 440 g/mol. The maximum atomic E-state index is 13.0. The van der Waals surface area contributed by atoms with Gasteiger partial charge in [-0.3, -0.25) is 4.79 Å². The molecule has 1 aromatic carbocycles. The van der Waals surface area contributed by atoms with Crippen molar-refractivity contribution in [3.8, 4) is 0 Å².